The van der Waals surface area contributed by atoms with E-state index in [9.17, 15) is 5.11 Å². The minimum Gasteiger partial charge on any atom is -0.390 e. The third-order valence-corrected chi connectivity index (χ3v) is 2.69. The summed E-state index contributed by atoms with van der Waals surface area (Å²) in [6.07, 6.45) is 2.50. The second-order valence-electron chi connectivity index (χ2n) is 4.16. The molecule has 2 nitrogen and oxygen atoms in total. The molecule has 1 N–H and O–H groups in total. The van der Waals surface area contributed by atoms with Crippen LogP contribution in [0.2, 0.25) is 0 Å². The van der Waals surface area contributed by atoms with Crippen molar-refractivity contribution in [2.24, 2.45) is 5.92 Å². The maximum absolute atomic E-state index is 9.80. The summed E-state index contributed by atoms with van der Waals surface area (Å²) in [5.74, 6) is 0.500. The van der Waals surface area contributed by atoms with Gasteiger partial charge >= 0.3 is 0 Å². The Morgan fingerprint density at radius 2 is 2.38 bits per heavy atom. The van der Waals surface area contributed by atoms with E-state index in [-0.39, 0.29) is 12.2 Å². The van der Waals surface area contributed by atoms with Crippen molar-refractivity contribution in [3.05, 3.63) is 12.2 Å². The lowest BCUT2D eigenvalue weighted by Crippen LogP contribution is -2.29. The molecule has 1 saturated heterocycles. The SMILES string of the molecule is C=C(C)CCC(O)C1OCCC1C. The van der Waals surface area contributed by atoms with Gasteiger partial charge in [0.05, 0.1) is 12.2 Å². The molecule has 0 aromatic heterocycles. The van der Waals surface area contributed by atoms with Crippen LogP contribution in [0, 0.1) is 5.92 Å². The number of aliphatic hydroxyl groups excluding tert-OH is 1. The first kappa shape index (κ1) is 10.7. The van der Waals surface area contributed by atoms with Crippen molar-refractivity contribution in [1.82, 2.24) is 0 Å². The summed E-state index contributed by atoms with van der Waals surface area (Å²) in [6, 6.07) is 0. The van der Waals surface area contributed by atoms with Crippen molar-refractivity contribution in [2.45, 2.75) is 45.3 Å². The Kier molecular flexibility index (Phi) is 3.94. The van der Waals surface area contributed by atoms with Gasteiger partial charge in [-0.25, -0.2) is 0 Å². The number of hydrogen-bond acceptors (Lipinski definition) is 2. The quantitative estimate of drug-likeness (QED) is 0.678. The molecule has 0 saturated carbocycles. The van der Waals surface area contributed by atoms with E-state index in [0.29, 0.717) is 5.92 Å². The van der Waals surface area contributed by atoms with Crippen molar-refractivity contribution in [3.63, 3.8) is 0 Å². The van der Waals surface area contributed by atoms with E-state index in [1.54, 1.807) is 0 Å². The van der Waals surface area contributed by atoms with Crippen LogP contribution in [0.4, 0.5) is 0 Å². The zero-order valence-electron chi connectivity index (χ0n) is 8.62. The molecule has 2 heteroatoms. The highest BCUT2D eigenvalue weighted by atomic mass is 16.5. The number of ether oxygens (including phenoxy) is 1. The summed E-state index contributed by atoms with van der Waals surface area (Å²) in [6.45, 7) is 8.75. The zero-order chi connectivity index (χ0) is 9.84. The molecule has 1 aliphatic heterocycles. The molecule has 3 atom stereocenters. The predicted molar refractivity (Wildman–Crippen MR) is 53.6 cm³/mol. The van der Waals surface area contributed by atoms with Gasteiger partial charge in [-0.1, -0.05) is 12.5 Å². The molecule has 76 valence electrons. The van der Waals surface area contributed by atoms with E-state index in [4.69, 9.17) is 4.74 Å². The zero-order valence-corrected chi connectivity index (χ0v) is 8.62. The van der Waals surface area contributed by atoms with Crippen molar-refractivity contribution in [3.8, 4) is 0 Å². The molecule has 1 aliphatic rings. The third kappa shape index (κ3) is 3.12. The van der Waals surface area contributed by atoms with E-state index in [1.807, 2.05) is 6.92 Å². The van der Waals surface area contributed by atoms with Crippen LogP contribution in [0.3, 0.4) is 0 Å². The minimum atomic E-state index is -0.311. The first-order valence-electron chi connectivity index (χ1n) is 5.05. The first-order valence-corrected chi connectivity index (χ1v) is 5.05. The van der Waals surface area contributed by atoms with E-state index in [2.05, 4.69) is 13.5 Å². The Hall–Kier alpha value is -0.340. The Morgan fingerprint density at radius 3 is 2.85 bits per heavy atom. The van der Waals surface area contributed by atoms with Gasteiger partial charge in [-0.15, -0.1) is 6.58 Å². The van der Waals surface area contributed by atoms with Gasteiger partial charge in [-0.2, -0.15) is 0 Å². The van der Waals surface area contributed by atoms with Crippen LogP contribution >= 0.6 is 0 Å². The Morgan fingerprint density at radius 1 is 1.69 bits per heavy atom. The summed E-state index contributed by atoms with van der Waals surface area (Å²) in [5.41, 5.74) is 1.13. The monoisotopic (exact) mass is 184 g/mol. The molecular weight excluding hydrogens is 164 g/mol. The van der Waals surface area contributed by atoms with E-state index >= 15 is 0 Å². The van der Waals surface area contributed by atoms with Crippen LogP contribution < -0.4 is 0 Å². The molecule has 1 heterocycles. The smallest absolute Gasteiger partial charge is 0.0860 e. The Balaban J connectivity index is 2.29. The maximum atomic E-state index is 9.80. The third-order valence-electron chi connectivity index (χ3n) is 2.69. The van der Waals surface area contributed by atoms with Gasteiger partial charge in [0.15, 0.2) is 0 Å². The van der Waals surface area contributed by atoms with Crippen molar-refractivity contribution in [1.29, 1.82) is 0 Å². The minimum absolute atomic E-state index is 0.0550. The van der Waals surface area contributed by atoms with Gasteiger partial charge in [0.25, 0.3) is 0 Å². The van der Waals surface area contributed by atoms with Crippen LogP contribution in [0.1, 0.15) is 33.1 Å². The summed E-state index contributed by atoms with van der Waals surface area (Å²) >= 11 is 0. The molecule has 1 fully saturated rings. The highest BCUT2D eigenvalue weighted by Crippen LogP contribution is 2.25. The fourth-order valence-corrected chi connectivity index (χ4v) is 1.77. The van der Waals surface area contributed by atoms with Crippen molar-refractivity contribution >= 4 is 0 Å². The highest BCUT2D eigenvalue weighted by molar-refractivity contribution is 4.90. The Labute approximate surface area is 80.6 Å². The van der Waals surface area contributed by atoms with Crippen molar-refractivity contribution in [2.75, 3.05) is 6.61 Å². The molecule has 13 heavy (non-hydrogen) atoms. The van der Waals surface area contributed by atoms with Crippen LogP contribution in [-0.4, -0.2) is 23.9 Å². The van der Waals surface area contributed by atoms with Crippen LogP contribution in [0.25, 0.3) is 0 Å². The number of aliphatic hydroxyl groups is 1. The Bertz CT molecular complexity index is 177. The summed E-state index contributed by atoms with van der Waals surface area (Å²) in [4.78, 5) is 0. The average molecular weight is 184 g/mol. The lowest BCUT2D eigenvalue weighted by atomic mass is 9.96. The van der Waals surface area contributed by atoms with Gasteiger partial charge in [0, 0.05) is 6.61 Å². The molecule has 0 bridgehead atoms. The fraction of sp³-hybridized carbons (Fsp3) is 0.818. The summed E-state index contributed by atoms with van der Waals surface area (Å²) < 4.78 is 5.48. The summed E-state index contributed by atoms with van der Waals surface area (Å²) in [7, 11) is 0. The maximum Gasteiger partial charge on any atom is 0.0860 e. The molecule has 0 spiro atoms. The van der Waals surface area contributed by atoms with E-state index in [0.717, 1.165) is 31.4 Å². The van der Waals surface area contributed by atoms with Crippen molar-refractivity contribution < 1.29 is 9.84 Å². The second-order valence-corrected chi connectivity index (χ2v) is 4.16. The topological polar surface area (TPSA) is 29.5 Å². The molecule has 0 aliphatic carbocycles. The molecule has 0 radical (unpaired) electrons. The van der Waals surface area contributed by atoms with Gasteiger partial charge in [-0.3, -0.25) is 0 Å². The second kappa shape index (κ2) is 4.77. The average Bonchev–Trinajstić information content (AvgIpc) is 2.47. The lowest BCUT2D eigenvalue weighted by Gasteiger charge is -2.21. The van der Waals surface area contributed by atoms with Gasteiger partial charge < -0.3 is 9.84 Å². The summed E-state index contributed by atoms with van der Waals surface area (Å²) in [5, 5.41) is 9.80. The first-order chi connectivity index (χ1) is 6.11. The standard InChI is InChI=1S/C11H20O2/c1-8(2)4-5-10(12)11-9(3)6-7-13-11/h9-12H,1,4-7H2,2-3H3. The predicted octanol–water partition coefficient (Wildman–Crippen LogP) is 2.13. The van der Waals surface area contributed by atoms with E-state index < -0.39 is 0 Å². The van der Waals surface area contributed by atoms with Crippen LogP contribution in [-0.2, 0) is 4.74 Å². The molecule has 0 aromatic rings. The number of hydrogen-bond donors (Lipinski definition) is 1. The molecule has 3 unspecified atom stereocenters. The van der Waals surface area contributed by atoms with Crippen LogP contribution in [0.5, 0.6) is 0 Å². The van der Waals surface area contributed by atoms with E-state index in [1.165, 1.54) is 0 Å². The van der Waals surface area contributed by atoms with Gasteiger partial charge in [0.2, 0.25) is 0 Å². The molecule has 0 aromatic carbocycles. The molecule has 0 amide bonds. The normalized spacial score (nSPS) is 30.4. The molecular formula is C11H20O2. The number of rotatable bonds is 4. The highest BCUT2D eigenvalue weighted by Gasteiger charge is 2.30. The van der Waals surface area contributed by atoms with Gasteiger partial charge in [-0.05, 0) is 32.1 Å². The molecule has 1 rings (SSSR count). The largest absolute Gasteiger partial charge is 0.390 e. The lowest BCUT2D eigenvalue weighted by molar-refractivity contribution is -0.0197. The van der Waals surface area contributed by atoms with Gasteiger partial charge in [0.1, 0.15) is 0 Å². The fourth-order valence-electron chi connectivity index (χ4n) is 1.77. The van der Waals surface area contributed by atoms with Crippen LogP contribution in [0.15, 0.2) is 12.2 Å². The number of allylic oxidation sites excluding steroid dienone is 1.